The van der Waals surface area contributed by atoms with Crippen LogP contribution in [0.5, 0.6) is 11.5 Å². The van der Waals surface area contributed by atoms with Crippen LogP contribution in [0.25, 0.3) is 6.08 Å². The molecule has 33 heavy (non-hydrogen) atoms. The van der Waals surface area contributed by atoms with Crippen molar-refractivity contribution >= 4 is 39.5 Å². The minimum Gasteiger partial charge on any atom is -0.493 e. The van der Waals surface area contributed by atoms with Crippen LogP contribution < -0.4 is 19.9 Å². The second-order valence-electron chi connectivity index (χ2n) is 7.52. The Hall–Kier alpha value is -3.58. The van der Waals surface area contributed by atoms with Gasteiger partial charge in [0.1, 0.15) is 17.1 Å². The molecule has 1 saturated heterocycles. The summed E-state index contributed by atoms with van der Waals surface area (Å²) in [7, 11) is 0. The third kappa shape index (κ3) is 5.62. The number of carbonyl (C=O) groups excluding carboxylic acids is 2. The molecular formula is C26H23BrN2O4. The van der Waals surface area contributed by atoms with Gasteiger partial charge in [-0.2, -0.15) is 0 Å². The van der Waals surface area contributed by atoms with E-state index >= 15 is 0 Å². The van der Waals surface area contributed by atoms with Crippen LogP contribution in [0, 0.1) is 6.92 Å². The van der Waals surface area contributed by atoms with Gasteiger partial charge in [0, 0.05) is 16.5 Å². The summed E-state index contributed by atoms with van der Waals surface area (Å²) >= 11 is 3.45. The van der Waals surface area contributed by atoms with Crippen LogP contribution in [-0.4, -0.2) is 25.0 Å². The Morgan fingerprint density at radius 2 is 1.73 bits per heavy atom. The fourth-order valence-electron chi connectivity index (χ4n) is 3.37. The van der Waals surface area contributed by atoms with E-state index in [1.807, 2.05) is 55.5 Å². The molecule has 0 unspecified atom stereocenters. The van der Waals surface area contributed by atoms with Gasteiger partial charge in [0.05, 0.1) is 18.9 Å². The van der Waals surface area contributed by atoms with Gasteiger partial charge < -0.3 is 9.47 Å². The van der Waals surface area contributed by atoms with Crippen molar-refractivity contribution in [1.82, 2.24) is 5.43 Å². The zero-order valence-corrected chi connectivity index (χ0v) is 19.7. The quantitative estimate of drug-likeness (QED) is 0.263. The average molecular weight is 507 g/mol. The van der Waals surface area contributed by atoms with Crippen molar-refractivity contribution in [2.75, 3.05) is 18.2 Å². The van der Waals surface area contributed by atoms with E-state index in [0.717, 1.165) is 15.8 Å². The first kappa shape index (κ1) is 22.6. The summed E-state index contributed by atoms with van der Waals surface area (Å²) in [5.74, 6) is 0.544. The van der Waals surface area contributed by atoms with E-state index < -0.39 is 11.8 Å². The number of hydrazine groups is 1. The number of nitrogens with one attached hydrogen (secondary N) is 1. The molecule has 3 aromatic carbocycles. The number of aryl methyl sites for hydroxylation is 1. The molecule has 0 spiro atoms. The monoisotopic (exact) mass is 506 g/mol. The topological polar surface area (TPSA) is 67.9 Å². The number of rotatable bonds is 8. The zero-order chi connectivity index (χ0) is 23.2. The van der Waals surface area contributed by atoms with E-state index in [1.165, 1.54) is 5.01 Å². The van der Waals surface area contributed by atoms with Crippen molar-refractivity contribution in [3.05, 3.63) is 94.0 Å². The van der Waals surface area contributed by atoms with Crippen LogP contribution in [0.1, 0.15) is 17.5 Å². The van der Waals surface area contributed by atoms with Gasteiger partial charge in [0.15, 0.2) is 0 Å². The fraction of sp³-hybridized carbons (Fsp3) is 0.154. The highest BCUT2D eigenvalue weighted by Gasteiger charge is 2.34. The van der Waals surface area contributed by atoms with Gasteiger partial charge in [0.25, 0.3) is 11.8 Å². The third-order valence-electron chi connectivity index (χ3n) is 4.98. The van der Waals surface area contributed by atoms with Gasteiger partial charge >= 0.3 is 0 Å². The van der Waals surface area contributed by atoms with Crippen LogP contribution in [0.3, 0.4) is 0 Å². The largest absolute Gasteiger partial charge is 0.493 e. The van der Waals surface area contributed by atoms with Gasteiger partial charge in [-0.25, -0.2) is 5.01 Å². The second kappa shape index (κ2) is 10.4. The molecule has 1 heterocycles. The van der Waals surface area contributed by atoms with Crippen molar-refractivity contribution in [2.45, 2.75) is 13.3 Å². The molecule has 1 N–H and O–H groups in total. The molecule has 0 saturated carbocycles. The number of hydrogen-bond acceptors (Lipinski definition) is 4. The Balaban J connectivity index is 1.43. The number of ether oxygens (including phenoxy) is 2. The van der Waals surface area contributed by atoms with Crippen molar-refractivity contribution in [2.24, 2.45) is 0 Å². The SMILES string of the molecule is Cc1cccc(OCCCOc2ccc(Br)cc2/C=C2\C(=O)NN(c3ccccc3)C2=O)c1. The Morgan fingerprint density at radius 1 is 0.939 bits per heavy atom. The zero-order valence-electron chi connectivity index (χ0n) is 18.1. The van der Waals surface area contributed by atoms with Gasteiger partial charge in [0.2, 0.25) is 0 Å². The maximum Gasteiger partial charge on any atom is 0.282 e. The van der Waals surface area contributed by atoms with Gasteiger partial charge in [-0.1, -0.05) is 46.3 Å². The molecule has 0 bridgehead atoms. The van der Waals surface area contributed by atoms with Gasteiger partial charge in [-0.05, 0) is 61.0 Å². The smallest absolute Gasteiger partial charge is 0.282 e. The number of hydrogen-bond donors (Lipinski definition) is 1. The molecule has 3 aromatic rings. The molecule has 7 heteroatoms. The summed E-state index contributed by atoms with van der Waals surface area (Å²) in [5.41, 5.74) is 5.04. The highest BCUT2D eigenvalue weighted by Crippen LogP contribution is 2.28. The van der Waals surface area contributed by atoms with Gasteiger partial charge in [-0.3, -0.25) is 15.0 Å². The Morgan fingerprint density at radius 3 is 2.52 bits per heavy atom. The molecule has 1 fully saturated rings. The molecule has 0 radical (unpaired) electrons. The molecule has 168 valence electrons. The highest BCUT2D eigenvalue weighted by molar-refractivity contribution is 9.10. The number of carbonyl (C=O) groups is 2. The Labute approximate surface area is 200 Å². The van der Waals surface area contributed by atoms with Crippen LogP contribution in [0.15, 0.2) is 82.8 Å². The van der Waals surface area contributed by atoms with E-state index in [4.69, 9.17) is 9.47 Å². The third-order valence-corrected chi connectivity index (χ3v) is 5.48. The molecule has 0 atom stereocenters. The molecule has 6 nitrogen and oxygen atoms in total. The lowest BCUT2D eigenvalue weighted by atomic mass is 10.1. The number of para-hydroxylation sites is 1. The lowest BCUT2D eigenvalue weighted by Crippen LogP contribution is -2.35. The van der Waals surface area contributed by atoms with E-state index in [2.05, 4.69) is 21.4 Å². The first-order valence-electron chi connectivity index (χ1n) is 10.6. The number of nitrogens with zero attached hydrogens (tertiary/aromatic N) is 1. The molecule has 2 amide bonds. The predicted octanol–water partition coefficient (Wildman–Crippen LogP) is 5.07. The first-order chi connectivity index (χ1) is 16.0. The highest BCUT2D eigenvalue weighted by atomic mass is 79.9. The number of benzene rings is 3. The Bertz CT molecular complexity index is 1190. The predicted molar refractivity (Wildman–Crippen MR) is 131 cm³/mol. The molecule has 4 rings (SSSR count). The van der Waals surface area contributed by atoms with E-state index in [-0.39, 0.29) is 5.57 Å². The van der Waals surface area contributed by atoms with E-state index in [9.17, 15) is 9.59 Å². The first-order valence-corrected chi connectivity index (χ1v) is 11.3. The van der Waals surface area contributed by atoms with E-state index in [0.29, 0.717) is 36.6 Å². The van der Waals surface area contributed by atoms with Crippen LogP contribution in [0.4, 0.5) is 5.69 Å². The summed E-state index contributed by atoms with van der Waals surface area (Å²) in [6.07, 6.45) is 2.24. The lowest BCUT2D eigenvalue weighted by Gasteiger charge is -2.14. The molecule has 1 aliphatic rings. The molecule has 0 aromatic heterocycles. The van der Waals surface area contributed by atoms with Crippen LogP contribution in [0.2, 0.25) is 0 Å². The summed E-state index contributed by atoms with van der Waals surface area (Å²) in [5, 5.41) is 1.25. The maximum absolute atomic E-state index is 12.9. The number of anilines is 1. The lowest BCUT2D eigenvalue weighted by molar-refractivity contribution is -0.117. The van der Waals surface area contributed by atoms with Crippen LogP contribution >= 0.6 is 15.9 Å². The maximum atomic E-state index is 12.9. The summed E-state index contributed by atoms with van der Waals surface area (Å²) in [6, 6.07) is 22.3. The van der Waals surface area contributed by atoms with Crippen molar-refractivity contribution in [1.29, 1.82) is 0 Å². The van der Waals surface area contributed by atoms with E-state index in [1.54, 1.807) is 30.3 Å². The number of halogens is 1. The van der Waals surface area contributed by atoms with Crippen molar-refractivity contribution in [3.63, 3.8) is 0 Å². The molecule has 0 aliphatic carbocycles. The van der Waals surface area contributed by atoms with Crippen molar-refractivity contribution in [3.8, 4) is 11.5 Å². The second-order valence-corrected chi connectivity index (χ2v) is 8.44. The summed E-state index contributed by atoms with van der Waals surface area (Å²) in [6.45, 7) is 2.97. The number of amides is 2. The standard InChI is InChI=1S/C26H23BrN2O4/c1-18-7-5-10-22(15-18)32-13-6-14-33-24-12-11-20(27)16-19(24)17-23-25(30)28-29(26(23)31)21-8-3-2-4-9-21/h2-5,7-12,15-17H,6,13-14H2,1H3,(H,28,30)/b23-17+. The Kier molecular flexibility index (Phi) is 7.10. The van der Waals surface area contributed by atoms with Gasteiger partial charge in [-0.15, -0.1) is 0 Å². The normalized spacial score (nSPS) is 14.5. The summed E-state index contributed by atoms with van der Waals surface area (Å²) < 4.78 is 12.5. The average Bonchev–Trinajstić information content (AvgIpc) is 3.09. The molecular weight excluding hydrogens is 484 g/mol. The minimum atomic E-state index is -0.457. The summed E-state index contributed by atoms with van der Waals surface area (Å²) in [4.78, 5) is 25.4. The minimum absolute atomic E-state index is 0.0459. The van der Waals surface area contributed by atoms with Crippen LogP contribution in [-0.2, 0) is 9.59 Å². The van der Waals surface area contributed by atoms with Crippen molar-refractivity contribution < 1.29 is 19.1 Å². The fourth-order valence-corrected chi connectivity index (χ4v) is 3.75. The molecule has 1 aliphatic heterocycles.